The third-order valence-electron chi connectivity index (χ3n) is 1.74. The highest BCUT2D eigenvalue weighted by atomic mass is 35.5. The molecule has 2 rings (SSSR count). The molecular formula is C8H5Cl2NO2. The Balaban J connectivity index is 2.49. The van der Waals surface area contributed by atoms with Gasteiger partial charge in [-0.2, -0.15) is 0 Å². The maximum absolute atomic E-state index is 10.8. The molecule has 0 saturated heterocycles. The first kappa shape index (κ1) is 8.66. The topological polar surface area (TPSA) is 38.3 Å². The van der Waals surface area contributed by atoms with Crippen molar-refractivity contribution >= 4 is 35.0 Å². The zero-order valence-corrected chi connectivity index (χ0v) is 7.95. The number of anilines is 1. The first-order chi connectivity index (χ1) is 6.16. The van der Waals surface area contributed by atoms with Gasteiger partial charge in [0.2, 0.25) is 0 Å². The van der Waals surface area contributed by atoms with Crippen LogP contribution < -0.4 is 5.32 Å². The molecule has 0 fully saturated rings. The molecule has 1 aliphatic heterocycles. The van der Waals surface area contributed by atoms with Crippen LogP contribution in [0.15, 0.2) is 12.1 Å². The molecule has 0 spiro atoms. The van der Waals surface area contributed by atoms with Gasteiger partial charge < -0.3 is 4.74 Å². The number of amides is 1. The van der Waals surface area contributed by atoms with Crippen LogP contribution in [0.2, 0.25) is 10.0 Å². The molecule has 13 heavy (non-hydrogen) atoms. The van der Waals surface area contributed by atoms with Crippen LogP contribution in [0.1, 0.15) is 5.56 Å². The third kappa shape index (κ3) is 1.57. The van der Waals surface area contributed by atoms with Crippen molar-refractivity contribution in [3.05, 3.63) is 27.7 Å². The molecule has 1 amide bonds. The highest BCUT2D eigenvalue weighted by Gasteiger charge is 2.16. The Morgan fingerprint density at radius 1 is 1.31 bits per heavy atom. The second-order valence-corrected chi connectivity index (χ2v) is 3.44. The Bertz CT molecular complexity index is 379. The fourth-order valence-corrected chi connectivity index (χ4v) is 1.46. The van der Waals surface area contributed by atoms with Crippen LogP contribution in [0.4, 0.5) is 10.5 Å². The van der Waals surface area contributed by atoms with Gasteiger partial charge >= 0.3 is 6.09 Å². The van der Waals surface area contributed by atoms with Crippen LogP contribution in [-0.2, 0) is 11.3 Å². The zero-order valence-electron chi connectivity index (χ0n) is 6.43. The van der Waals surface area contributed by atoms with Gasteiger partial charge in [-0.1, -0.05) is 23.2 Å². The van der Waals surface area contributed by atoms with E-state index >= 15 is 0 Å². The number of carbonyl (C=O) groups is 1. The number of nitrogens with one attached hydrogen (secondary N) is 1. The smallest absolute Gasteiger partial charge is 0.411 e. The number of halogens is 2. The minimum atomic E-state index is -0.467. The lowest BCUT2D eigenvalue weighted by Crippen LogP contribution is -2.20. The molecule has 3 nitrogen and oxygen atoms in total. The summed E-state index contributed by atoms with van der Waals surface area (Å²) < 4.78 is 4.75. The van der Waals surface area contributed by atoms with E-state index in [1.165, 1.54) is 0 Å². The molecule has 1 N–H and O–H groups in total. The van der Waals surface area contributed by atoms with E-state index in [4.69, 9.17) is 27.9 Å². The van der Waals surface area contributed by atoms with Crippen LogP contribution in [0, 0.1) is 0 Å². The van der Waals surface area contributed by atoms with Gasteiger partial charge in [0.15, 0.2) is 0 Å². The van der Waals surface area contributed by atoms with Crippen LogP contribution >= 0.6 is 23.2 Å². The zero-order chi connectivity index (χ0) is 9.42. The minimum Gasteiger partial charge on any atom is -0.444 e. The van der Waals surface area contributed by atoms with E-state index in [-0.39, 0.29) is 6.61 Å². The summed E-state index contributed by atoms with van der Waals surface area (Å²) >= 11 is 11.6. The minimum absolute atomic E-state index is 0.234. The summed E-state index contributed by atoms with van der Waals surface area (Å²) in [4.78, 5) is 10.8. The van der Waals surface area contributed by atoms with Gasteiger partial charge in [0, 0.05) is 5.56 Å². The molecule has 1 heterocycles. The van der Waals surface area contributed by atoms with Crippen molar-refractivity contribution in [2.24, 2.45) is 0 Å². The summed E-state index contributed by atoms with van der Waals surface area (Å²) in [7, 11) is 0. The number of hydrogen-bond donors (Lipinski definition) is 1. The van der Waals surface area contributed by atoms with Gasteiger partial charge in [0.25, 0.3) is 0 Å². The standard InChI is InChI=1S/C8H5Cl2NO2/c9-5-1-4-3-13-8(12)11-7(4)2-6(5)10/h1-2H,3H2,(H,11,12). The fourth-order valence-electron chi connectivity index (χ4n) is 1.11. The van der Waals surface area contributed by atoms with Gasteiger partial charge in [-0.3, -0.25) is 5.32 Å². The van der Waals surface area contributed by atoms with Crippen LogP contribution in [0.5, 0.6) is 0 Å². The molecule has 0 atom stereocenters. The number of fused-ring (bicyclic) bond motifs is 1. The number of benzene rings is 1. The molecule has 0 bridgehead atoms. The Morgan fingerprint density at radius 3 is 2.77 bits per heavy atom. The lowest BCUT2D eigenvalue weighted by Gasteiger charge is -2.17. The molecule has 1 aliphatic rings. The Labute approximate surface area is 84.6 Å². The van der Waals surface area contributed by atoms with Gasteiger partial charge in [-0.25, -0.2) is 4.79 Å². The lowest BCUT2D eigenvalue weighted by molar-refractivity contribution is 0.151. The number of ether oxygens (including phenoxy) is 1. The molecule has 1 aromatic carbocycles. The van der Waals surface area contributed by atoms with Crippen molar-refractivity contribution in [3.63, 3.8) is 0 Å². The molecule has 0 aliphatic carbocycles. The first-order valence-electron chi connectivity index (χ1n) is 3.58. The molecule has 0 radical (unpaired) electrons. The van der Waals surface area contributed by atoms with Crippen molar-refractivity contribution < 1.29 is 9.53 Å². The van der Waals surface area contributed by atoms with Crippen molar-refractivity contribution in [3.8, 4) is 0 Å². The van der Waals surface area contributed by atoms with Gasteiger partial charge in [-0.15, -0.1) is 0 Å². The Morgan fingerprint density at radius 2 is 2.00 bits per heavy atom. The van der Waals surface area contributed by atoms with Crippen LogP contribution in [-0.4, -0.2) is 6.09 Å². The van der Waals surface area contributed by atoms with Gasteiger partial charge in [0.1, 0.15) is 6.61 Å². The number of hydrogen-bond acceptors (Lipinski definition) is 2. The SMILES string of the molecule is O=C1Nc2cc(Cl)c(Cl)cc2CO1. The third-order valence-corrected chi connectivity index (χ3v) is 2.46. The average Bonchev–Trinajstić information content (AvgIpc) is 2.08. The second kappa shape index (κ2) is 3.09. The molecule has 0 saturated carbocycles. The van der Waals surface area contributed by atoms with E-state index in [0.29, 0.717) is 15.7 Å². The predicted molar refractivity (Wildman–Crippen MR) is 50.3 cm³/mol. The van der Waals surface area contributed by atoms with E-state index in [1.807, 2.05) is 0 Å². The molecule has 1 aromatic rings. The van der Waals surface area contributed by atoms with Crippen LogP contribution in [0.25, 0.3) is 0 Å². The number of carbonyl (C=O) groups excluding carboxylic acids is 1. The summed E-state index contributed by atoms with van der Waals surface area (Å²) in [6.45, 7) is 0.234. The molecule has 0 unspecified atom stereocenters. The summed E-state index contributed by atoms with van der Waals surface area (Å²) in [5.41, 5.74) is 1.49. The fraction of sp³-hybridized carbons (Fsp3) is 0.125. The molecule has 68 valence electrons. The lowest BCUT2D eigenvalue weighted by atomic mass is 10.2. The summed E-state index contributed by atoms with van der Waals surface area (Å²) in [5.74, 6) is 0. The average molecular weight is 218 g/mol. The van der Waals surface area contributed by atoms with E-state index in [1.54, 1.807) is 12.1 Å². The normalized spacial score (nSPS) is 14.5. The molecular weight excluding hydrogens is 213 g/mol. The van der Waals surface area contributed by atoms with Crippen molar-refractivity contribution in [1.82, 2.24) is 0 Å². The highest BCUT2D eigenvalue weighted by Crippen LogP contribution is 2.31. The van der Waals surface area contributed by atoms with Crippen LogP contribution in [0.3, 0.4) is 0 Å². The Kier molecular flexibility index (Phi) is 2.06. The van der Waals surface area contributed by atoms with E-state index in [0.717, 1.165) is 5.56 Å². The summed E-state index contributed by atoms with van der Waals surface area (Å²) in [5, 5.41) is 3.40. The number of rotatable bonds is 0. The van der Waals surface area contributed by atoms with E-state index in [2.05, 4.69) is 5.32 Å². The number of cyclic esters (lactones) is 1. The van der Waals surface area contributed by atoms with Crippen molar-refractivity contribution in [2.45, 2.75) is 6.61 Å². The maximum Gasteiger partial charge on any atom is 0.411 e. The summed E-state index contributed by atoms with van der Waals surface area (Å²) in [6.07, 6.45) is -0.467. The maximum atomic E-state index is 10.8. The first-order valence-corrected chi connectivity index (χ1v) is 4.34. The highest BCUT2D eigenvalue weighted by molar-refractivity contribution is 6.42. The quantitative estimate of drug-likeness (QED) is 0.726. The largest absolute Gasteiger partial charge is 0.444 e. The van der Waals surface area contributed by atoms with Crippen molar-refractivity contribution in [2.75, 3.05) is 5.32 Å². The van der Waals surface area contributed by atoms with Gasteiger partial charge in [0.05, 0.1) is 15.7 Å². The van der Waals surface area contributed by atoms with E-state index in [9.17, 15) is 4.79 Å². The second-order valence-electron chi connectivity index (χ2n) is 2.62. The van der Waals surface area contributed by atoms with Crippen molar-refractivity contribution in [1.29, 1.82) is 0 Å². The van der Waals surface area contributed by atoms with E-state index < -0.39 is 6.09 Å². The molecule has 5 heteroatoms. The Hall–Kier alpha value is -0.930. The summed E-state index contributed by atoms with van der Waals surface area (Å²) in [6, 6.07) is 3.29. The van der Waals surface area contributed by atoms with Gasteiger partial charge in [-0.05, 0) is 12.1 Å². The predicted octanol–water partition coefficient (Wildman–Crippen LogP) is 3.06. The monoisotopic (exact) mass is 217 g/mol. The molecule has 0 aromatic heterocycles.